The zero-order valence-electron chi connectivity index (χ0n) is 21.3. The van der Waals surface area contributed by atoms with Crippen LogP contribution in [0.25, 0.3) is 0 Å². The molecule has 11 heteroatoms. The first-order chi connectivity index (χ1) is 16.7. The number of amides is 3. The second-order valence-corrected chi connectivity index (χ2v) is 10.2. The summed E-state index contributed by atoms with van der Waals surface area (Å²) in [4.78, 5) is 63.5. The molecule has 1 saturated heterocycles. The Hall–Kier alpha value is -3.50. The molecule has 1 aromatic carbocycles. The highest BCUT2D eigenvalue weighted by molar-refractivity contribution is 5.99. The fraction of sp³-hybridized carbons (Fsp3) is 0.560. The number of methoxy groups -OCH3 is 1. The van der Waals surface area contributed by atoms with Crippen LogP contribution in [0, 0.1) is 17.2 Å². The van der Waals surface area contributed by atoms with E-state index >= 15 is 0 Å². The molecule has 5 unspecified atom stereocenters. The molecule has 1 aromatic rings. The summed E-state index contributed by atoms with van der Waals surface area (Å²) >= 11 is 0. The molecule has 2 rings (SSSR count). The van der Waals surface area contributed by atoms with E-state index in [1.807, 2.05) is 0 Å². The molecule has 5 atom stereocenters. The molecule has 0 aliphatic carbocycles. The number of benzene rings is 1. The molecule has 1 aliphatic heterocycles. The van der Waals surface area contributed by atoms with Crippen molar-refractivity contribution in [1.29, 1.82) is 0 Å². The van der Waals surface area contributed by atoms with Crippen molar-refractivity contribution in [1.82, 2.24) is 15.5 Å². The van der Waals surface area contributed by atoms with E-state index in [0.29, 0.717) is 12.7 Å². The quantitative estimate of drug-likeness (QED) is 0.432. The van der Waals surface area contributed by atoms with E-state index in [9.17, 15) is 28.4 Å². The average Bonchev–Trinajstić information content (AvgIpc) is 3.08. The van der Waals surface area contributed by atoms with E-state index in [2.05, 4.69) is 10.6 Å². The van der Waals surface area contributed by atoms with Crippen LogP contribution in [0.5, 0.6) is 5.75 Å². The highest BCUT2D eigenvalue weighted by Crippen LogP contribution is 2.33. The van der Waals surface area contributed by atoms with Gasteiger partial charge in [0.15, 0.2) is 11.6 Å². The molecule has 0 aromatic heterocycles. The van der Waals surface area contributed by atoms with Crippen LogP contribution in [0.3, 0.4) is 0 Å². The Morgan fingerprint density at radius 2 is 1.86 bits per heavy atom. The molecule has 0 saturated carbocycles. The lowest BCUT2D eigenvalue weighted by molar-refractivity contribution is -0.145. The van der Waals surface area contributed by atoms with Crippen LogP contribution in [-0.2, 0) is 19.2 Å². The molecule has 3 N–H and O–H groups in total. The van der Waals surface area contributed by atoms with Gasteiger partial charge in [-0.1, -0.05) is 33.8 Å². The van der Waals surface area contributed by atoms with E-state index in [1.165, 1.54) is 30.2 Å². The smallest absolute Gasteiger partial charge is 0.305 e. The third kappa shape index (κ3) is 6.38. The lowest BCUT2D eigenvalue weighted by Crippen LogP contribution is -2.60. The minimum atomic E-state index is -1.26. The van der Waals surface area contributed by atoms with E-state index in [1.54, 1.807) is 34.6 Å². The van der Waals surface area contributed by atoms with Gasteiger partial charge in [0, 0.05) is 6.04 Å². The first-order valence-electron chi connectivity index (χ1n) is 11.7. The Morgan fingerprint density at radius 3 is 2.39 bits per heavy atom. The molecule has 1 fully saturated rings. The normalized spacial score (nSPS) is 21.3. The zero-order valence-corrected chi connectivity index (χ0v) is 21.3. The number of ether oxygens (including phenoxy) is 1. The van der Waals surface area contributed by atoms with Gasteiger partial charge in [0.05, 0.1) is 25.1 Å². The van der Waals surface area contributed by atoms with Crippen LogP contribution >= 0.6 is 0 Å². The summed E-state index contributed by atoms with van der Waals surface area (Å²) in [7, 11) is 1.27. The fourth-order valence-electron chi connectivity index (χ4n) is 4.51. The molecular weight excluding hydrogens is 473 g/mol. The SMILES string of the molecule is COc1cccc(C(=O)NC(C(=O)N2C(C)CC(C)C2C(=O)NC(C=O)CC(=O)O)C(C)(C)C)c1F. The largest absolute Gasteiger partial charge is 0.494 e. The van der Waals surface area contributed by atoms with Crippen molar-refractivity contribution in [2.45, 2.75) is 71.6 Å². The lowest BCUT2D eigenvalue weighted by Gasteiger charge is -2.37. The molecule has 36 heavy (non-hydrogen) atoms. The molecule has 0 spiro atoms. The highest BCUT2D eigenvalue weighted by atomic mass is 19.1. The predicted molar refractivity (Wildman–Crippen MR) is 128 cm³/mol. The Kier molecular flexibility index (Phi) is 9.17. The topological polar surface area (TPSA) is 142 Å². The molecule has 10 nitrogen and oxygen atoms in total. The van der Waals surface area contributed by atoms with Gasteiger partial charge in [0.2, 0.25) is 11.8 Å². The van der Waals surface area contributed by atoms with Crippen LogP contribution in [0.2, 0.25) is 0 Å². The fourth-order valence-corrected chi connectivity index (χ4v) is 4.51. The van der Waals surface area contributed by atoms with Crippen molar-refractivity contribution in [3.05, 3.63) is 29.6 Å². The number of halogens is 1. The first-order valence-corrected chi connectivity index (χ1v) is 11.7. The van der Waals surface area contributed by atoms with Gasteiger partial charge in [-0.2, -0.15) is 0 Å². The maximum atomic E-state index is 14.7. The number of carboxylic acids is 1. The summed E-state index contributed by atoms with van der Waals surface area (Å²) in [6.07, 6.45) is 0.221. The molecule has 3 amide bonds. The number of carboxylic acid groups (broad SMARTS) is 1. The van der Waals surface area contributed by atoms with Crippen LogP contribution in [-0.4, -0.2) is 71.3 Å². The number of rotatable bonds is 9. The molecular formula is C25H34FN3O7. The van der Waals surface area contributed by atoms with Gasteiger partial charge < -0.3 is 30.2 Å². The summed E-state index contributed by atoms with van der Waals surface area (Å²) in [6, 6.07) is 0.355. The second kappa shape index (κ2) is 11.5. The maximum Gasteiger partial charge on any atom is 0.305 e. The summed E-state index contributed by atoms with van der Waals surface area (Å²) in [5.41, 5.74) is -1.11. The Morgan fingerprint density at radius 1 is 1.22 bits per heavy atom. The van der Waals surface area contributed by atoms with Crippen molar-refractivity contribution in [2.75, 3.05) is 7.11 Å². The van der Waals surface area contributed by atoms with Crippen molar-refractivity contribution in [3.63, 3.8) is 0 Å². The average molecular weight is 508 g/mol. The van der Waals surface area contributed by atoms with Crippen LogP contribution < -0.4 is 15.4 Å². The van der Waals surface area contributed by atoms with Gasteiger partial charge in [-0.05, 0) is 36.8 Å². The number of aldehydes is 1. The summed E-state index contributed by atoms with van der Waals surface area (Å²) < 4.78 is 19.6. The number of carbonyl (C=O) groups is 5. The minimum Gasteiger partial charge on any atom is -0.494 e. The van der Waals surface area contributed by atoms with Gasteiger partial charge in [-0.3, -0.25) is 19.2 Å². The molecule has 198 valence electrons. The number of hydrogen-bond acceptors (Lipinski definition) is 6. The second-order valence-electron chi connectivity index (χ2n) is 10.2. The van der Waals surface area contributed by atoms with Crippen LogP contribution in [0.15, 0.2) is 18.2 Å². The number of nitrogens with zero attached hydrogens (tertiary/aromatic N) is 1. The van der Waals surface area contributed by atoms with Gasteiger partial charge in [-0.15, -0.1) is 0 Å². The summed E-state index contributed by atoms with van der Waals surface area (Å²) in [5, 5.41) is 14.0. The van der Waals surface area contributed by atoms with Crippen molar-refractivity contribution < 1.29 is 38.2 Å². The van der Waals surface area contributed by atoms with E-state index in [4.69, 9.17) is 9.84 Å². The predicted octanol–water partition coefficient (Wildman–Crippen LogP) is 1.76. The van der Waals surface area contributed by atoms with E-state index in [0.717, 1.165) is 0 Å². The van der Waals surface area contributed by atoms with Crippen molar-refractivity contribution in [2.24, 2.45) is 11.3 Å². The molecule has 0 bridgehead atoms. The number of likely N-dealkylation sites (tertiary alicyclic amines) is 1. The van der Waals surface area contributed by atoms with E-state index < -0.39 is 59.5 Å². The lowest BCUT2D eigenvalue weighted by atomic mass is 9.85. The van der Waals surface area contributed by atoms with Gasteiger partial charge >= 0.3 is 5.97 Å². The van der Waals surface area contributed by atoms with E-state index in [-0.39, 0.29) is 23.3 Å². The number of nitrogens with one attached hydrogen (secondary N) is 2. The van der Waals surface area contributed by atoms with Gasteiger partial charge in [-0.25, -0.2) is 4.39 Å². The van der Waals surface area contributed by atoms with Crippen LogP contribution in [0.1, 0.15) is 57.8 Å². The number of hydrogen-bond donors (Lipinski definition) is 3. The number of aliphatic carboxylic acids is 1. The van der Waals surface area contributed by atoms with Crippen LogP contribution in [0.4, 0.5) is 4.39 Å². The zero-order chi connectivity index (χ0) is 27.4. The Bertz CT molecular complexity index is 1020. The highest BCUT2D eigenvalue weighted by Gasteiger charge is 2.48. The molecule has 1 aliphatic rings. The van der Waals surface area contributed by atoms with Crippen molar-refractivity contribution in [3.8, 4) is 5.75 Å². The summed E-state index contributed by atoms with van der Waals surface area (Å²) in [6.45, 7) is 8.72. The first kappa shape index (κ1) is 28.7. The van der Waals surface area contributed by atoms with Gasteiger partial charge in [0.1, 0.15) is 18.4 Å². The standard InChI is InChI=1S/C25H34FN3O7/c1-13-10-14(2)29(20(13)23(34)27-15(12-30)11-18(31)32)24(35)21(25(3,4)5)28-22(33)16-8-7-9-17(36-6)19(16)26/h7-9,12-15,20-21H,10-11H2,1-6H3,(H,27,34)(H,28,33)(H,31,32). The third-order valence-electron chi connectivity index (χ3n) is 6.25. The Labute approximate surface area is 209 Å². The van der Waals surface area contributed by atoms with Gasteiger partial charge in [0.25, 0.3) is 5.91 Å². The minimum absolute atomic E-state index is 0.119. The Balaban J connectivity index is 2.36. The number of carbonyl (C=O) groups excluding carboxylic acids is 4. The van der Waals surface area contributed by atoms with Crippen molar-refractivity contribution >= 4 is 30.0 Å². The molecule has 1 heterocycles. The maximum absolute atomic E-state index is 14.7. The molecule has 0 radical (unpaired) electrons. The third-order valence-corrected chi connectivity index (χ3v) is 6.25. The monoisotopic (exact) mass is 507 g/mol. The summed E-state index contributed by atoms with van der Waals surface area (Å²) in [5.74, 6) is -4.55.